The number of esters is 1. The minimum atomic E-state index is -0.982. The fourth-order valence-corrected chi connectivity index (χ4v) is 5.33. The number of anilines is 1. The molecule has 1 heterocycles. The van der Waals surface area contributed by atoms with Crippen LogP contribution in [0, 0.1) is 0 Å². The molecule has 1 aliphatic heterocycles. The Bertz CT molecular complexity index is 1080. The average molecular weight is 458 g/mol. The maximum absolute atomic E-state index is 12.2. The van der Waals surface area contributed by atoms with Crippen LogP contribution in [-0.2, 0) is 22.2 Å². The molecule has 0 aromatic heterocycles. The summed E-state index contributed by atoms with van der Waals surface area (Å²) in [6, 6.07) is 26.4. The van der Waals surface area contributed by atoms with Crippen LogP contribution in [0.5, 0.6) is 0 Å². The quantitative estimate of drug-likeness (QED) is 0.374. The van der Waals surface area contributed by atoms with Gasteiger partial charge in [0.25, 0.3) is 0 Å². The highest BCUT2D eigenvalue weighted by atomic mass is 16.5. The van der Waals surface area contributed by atoms with Gasteiger partial charge < -0.3 is 15.2 Å². The first-order chi connectivity index (χ1) is 16.1. The summed E-state index contributed by atoms with van der Waals surface area (Å²) in [6.45, 7) is 9.48. The van der Waals surface area contributed by atoms with Gasteiger partial charge in [-0.25, -0.2) is 4.79 Å². The van der Waals surface area contributed by atoms with Crippen molar-refractivity contribution >= 4 is 11.7 Å². The molecule has 0 aliphatic carbocycles. The summed E-state index contributed by atoms with van der Waals surface area (Å²) >= 11 is 0. The van der Waals surface area contributed by atoms with E-state index in [1.54, 1.807) is 6.07 Å². The zero-order chi connectivity index (χ0) is 24.4. The second-order valence-electron chi connectivity index (χ2n) is 10.9. The molecule has 0 bridgehead atoms. The van der Waals surface area contributed by atoms with Crippen molar-refractivity contribution in [2.75, 3.05) is 11.9 Å². The first-order valence-electron chi connectivity index (χ1n) is 12.0. The molecule has 4 heteroatoms. The Hall–Kier alpha value is -3.11. The second kappa shape index (κ2) is 9.27. The van der Waals surface area contributed by atoms with Gasteiger partial charge in [-0.15, -0.1) is 0 Å². The minimum absolute atomic E-state index is 0.220. The Balaban J connectivity index is 1.60. The zero-order valence-corrected chi connectivity index (χ0v) is 20.6. The van der Waals surface area contributed by atoms with E-state index in [9.17, 15) is 9.90 Å². The molecule has 0 unspecified atom stereocenters. The summed E-state index contributed by atoms with van der Waals surface area (Å²) in [7, 11) is 0. The van der Waals surface area contributed by atoms with E-state index in [-0.39, 0.29) is 16.8 Å². The Morgan fingerprint density at radius 3 is 1.88 bits per heavy atom. The van der Waals surface area contributed by atoms with Crippen molar-refractivity contribution in [3.8, 4) is 0 Å². The van der Waals surface area contributed by atoms with Gasteiger partial charge in [0.1, 0.15) is 6.61 Å². The number of rotatable bonds is 9. The normalized spacial score (nSPS) is 14.0. The standard InChI is InChI=1S/C30H35NO3/c1-28(2,23-11-7-5-8-12-23)19-30(33,20-29(3,4)24-13-9-6-10-14-24)21-31-25-15-16-26-22(17-25)18-34-27(26)32/h5-17,31,33H,18-21H2,1-4H3. The molecule has 0 radical (unpaired) electrons. The summed E-state index contributed by atoms with van der Waals surface area (Å²) in [4.78, 5) is 11.8. The van der Waals surface area contributed by atoms with Crippen LogP contribution in [0.3, 0.4) is 0 Å². The highest BCUT2D eigenvalue weighted by Gasteiger charge is 2.40. The Kier molecular flexibility index (Phi) is 6.55. The van der Waals surface area contributed by atoms with Gasteiger partial charge in [0, 0.05) is 17.8 Å². The zero-order valence-electron chi connectivity index (χ0n) is 20.6. The van der Waals surface area contributed by atoms with E-state index >= 15 is 0 Å². The minimum Gasteiger partial charge on any atom is -0.457 e. The maximum Gasteiger partial charge on any atom is 0.338 e. The summed E-state index contributed by atoms with van der Waals surface area (Å²) in [6.07, 6.45) is 1.19. The van der Waals surface area contributed by atoms with E-state index in [4.69, 9.17) is 4.74 Å². The molecule has 3 aromatic carbocycles. The lowest BCUT2D eigenvalue weighted by atomic mass is 9.68. The lowest BCUT2D eigenvalue weighted by molar-refractivity contribution is 0.000467. The van der Waals surface area contributed by atoms with Gasteiger partial charge in [-0.3, -0.25) is 0 Å². The Labute approximate surface area is 203 Å². The van der Waals surface area contributed by atoms with Crippen molar-refractivity contribution in [2.24, 2.45) is 0 Å². The lowest BCUT2D eigenvalue weighted by Crippen LogP contribution is -2.46. The number of hydrogen-bond acceptors (Lipinski definition) is 4. The van der Waals surface area contributed by atoms with E-state index in [1.807, 2.05) is 24.3 Å². The van der Waals surface area contributed by atoms with Crippen LogP contribution in [0.4, 0.5) is 5.69 Å². The monoisotopic (exact) mass is 457 g/mol. The molecule has 2 N–H and O–H groups in total. The second-order valence-corrected chi connectivity index (χ2v) is 10.9. The number of benzene rings is 3. The molecule has 34 heavy (non-hydrogen) atoms. The largest absolute Gasteiger partial charge is 0.457 e. The predicted molar refractivity (Wildman–Crippen MR) is 137 cm³/mol. The topological polar surface area (TPSA) is 58.6 Å². The Morgan fingerprint density at radius 1 is 0.824 bits per heavy atom. The van der Waals surface area contributed by atoms with Crippen molar-refractivity contribution in [2.45, 2.75) is 63.6 Å². The van der Waals surface area contributed by atoms with Crippen molar-refractivity contribution in [3.05, 3.63) is 101 Å². The molecular formula is C30H35NO3. The molecule has 4 rings (SSSR count). The number of ether oxygens (including phenoxy) is 1. The van der Waals surface area contributed by atoms with Gasteiger partial charge in [-0.1, -0.05) is 88.4 Å². The van der Waals surface area contributed by atoms with Crippen molar-refractivity contribution in [3.63, 3.8) is 0 Å². The molecule has 0 saturated carbocycles. The number of aliphatic hydroxyl groups is 1. The molecule has 3 aromatic rings. The molecule has 0 amide bonds. The van der Waals surface area contributed by atoms with E-state index in [1.165, 1.54) is 11.1 Å². The summed E-state index contributed by atoms with van der Waals surface area (Å²) in [5, 5.41) is 15.6. The van der Waals surface area contributed by atoms with Gasteiger partial charge in [-0.2, -0.15) is 0 Å². The number of carbonyl (C=O) groups is 1. The highest BCUT2D eigenvalue weighted by molar-refractivity contribution is 5.93. The van der Waals surface area contributed by atoms with Crippen molar-refractivity contribution in [1.29, 1.82) is 0 Å². The van der Waals surface area contributed by atoms with Gasteiger partial charge >= 0.3 is 5.97 Å². The van der Waals surface area contributed by atoms with Crippen molar-refractivity contribution < 1.29 is 14.6 Å². The van der Waals surface area contributed by atoms with E-state index in [2.05, 4.69) is 81.5 Å². The summed E-state index contributed by atoms with van der Waals surface area (Å²) in [5.74, 6) is -0.271. The Morgan fingerprint density at radius 2 is 1.35 bits per heavy atom. The van der Waals surface area contributed by atoms with Gasteiger partial charge in [0.15, 0.2) is 0 Å². The molecule has 0 saturated heterocycles. The summed E-state index contributed by atoms with van der Waals surface area (Å²) < 4.78 is 5.14. The molecule has 0 atom stereocenters. The molecule has 0 fully saturated rings. The van der Waals surface area contributed by atoms with Crippen LogP contribution in [0.15, 0.2) is 78.9 Å². The highest BCUT2D eigenvalue weighted by Crippen LogP contribution is 2.40. The number of hydrogen-bond donors (Lipinski definition) is 2. The van der Waals surface area contributed by atoms with Crippen molar-refractivity contribution in [1.82, 2.24) is 0 Å². The van der Waals surface area contributed by atoms with Gasteiger partial charge in [0.2, 0.25) is 0 Å². The molecule has 0 spiro atoms. The third-order valence-electron chi connectivity index (χ3n) is 6.96. The average Bonchev–Trinajstić information content (AvgIpc) is 3.18. The smallest absolute Gasteiger partial charge is 0.338 e. The number of fused-ring (bicyclic) bond motifs is 1. The summed E-state index contributed by atoms with van der Waals surface area (Å²) in [5.41, 5.74) is 3.38. The SMILES string of the molecule is CC(C)(CC(O)(CNc1ccc2c(c1)COC2=O)CC(C)(C)c1ccccc1)c1ccccc1. The third kappa shape index (κ3) is 5.34. The van der Waals surface area contributed by atoms with E-state index in [0.29, 0.717) is 31.6 Å². The van der Waals surface area contributed by atoms with Crippen LogP contribution in [-0.4, -0.2) is 23.2 Å². The number of nitrogens with one attached hydrogen (secondary N) is 1. The fraction of sp³-hybridized carbons (Fsp3) is 0.367. The van der Waals surface area contributed by atoms with Crippen LogP contribution in [0.25, 0.3) is 0 Å². The maximum atomic E-state index is 12.2. The van der Waals surface area contributed by atoms with Crippen LogP contribution < -0.4 is 5.32 Å². The number of cyclic esters (lactones) is 1. The lowest BCUT2D eigenvalue weighted by Gasteiger charge is -2.42. The first kappa shape index (κ1) is 24.0. The van der Waals surface area contributed by atoms with Gasteiger partial charge in [0.05, 0.1) is 11.2 Å². The fourth-order valence-electron chi connectivity index (χ4n) is 5.33. The number of carbonyl (C=O) groups excluding carboxylic acids is 1. The van der Waals surface area contributed by atoms with E-state index in [0.717, 1.165) is 11.3 Å². The molecule has 1 aliphatic rings. The van der Waals surface area contributed by atoms with Gasteiger partial charge in [-0.05, 0) is 53.0 Å². The molecule has 4 nitrogen and oxygen atoms in total. The molecular weight excluding hydrogens is 422 g/mol. The van der Waals surface area contributed by atoms with Crippen LogP contribution in [0.1, 0.15) is 67.6 Å². The first-order valence-corrected chi connectivity index (χ1v) is 12.0. The molecule has 178 valence electrons. The third-order valence-corrected chi connectivity index (χ3v) is 6.96. The predicted octanol–water partition coefficient (Wildman–Crippen LogP) is 6.24. The van der Waals surface area contributed by atoms with Crippen LogP contribution >= 0.6 is 0 Å². The van der Waals surface area contributed by atoms with E-state index < -0.39 is 5.60 Å². The van der Waals surface area contributed by atoms with Crippen LogP contribution in [0.2, 0.25) is 0 Å².